The molecule has 0 saturated heterocycles. The lowest BCUT2D eigenvalue weighted by Gasteiger charge is -2.10. The topological polar surface area (TPSA) is 99.0 Å². The van der Waals surface area contributed by atoms with Gasteiger partial charge in [0.1, 0.15) is 11.5 Å². The Morgan fingerprint density at radius 1 is 1.12 bits per heavy atom. The van der Waals surface area contributed by atoms with Crippen molar-refractivity contribution in [2.24, 2.45) is 5.10 Å². The van der Waals surface area contributed by atoms with Gasteiger partial charge in [-0.1, -0.05) is 32.0 Å². The number of hydrogen-bond donors (Lipinski definition) is 3. The maximum Gasteiger partial charge on any atom is 0.276 e. The first-order valence-corrected chi connectivity index (χ1v) is 9.42. The molecule has 7 heteroatoms. The second-order valence-corrected chi connectivity index (χ2v) is 7.50. The van der Waals surface area contributed by atoms with E-state index in [4.69, 9.17) is 0 Å². The van der Waals surface area contributed by atoms with Crippen LogP contribution in [0.2, 0.25) is 0 Å². The van der Waals surface area contributed by atoms with Crippen LogP contribution in [0, 0.1) is 0 Å². The van der Waals surface area contributed by atoms with Crippen LogP contribution >= 0.6 is 0 Å². The highest BCUT2D eigenvalue weighted by Crippen LogP contribution is 2.27. The largest absolute Gasteiger partial charge is 0.507 e. The summed E-state index contributed by atoms with van der Waals surface area (Å²) in [7, 11) is -3.84. The highest BCUT2D eigenvalue weighted by molar-refractivity contribution is 7.89. The summed E-state index contributed by atoms with van der Waals surface area (Å²) in [4.78, 5) is 2.22. The van der Waals surface area contributed by atoms with Gasteiger partial charge in [0.05, 0.1) is 16.2 Å². The predicted molar refractivity (Wildman–Crippen MR) is 97.5 cm³/mol. The Hall–Kier alpha value is -2.54. The van der Waals surface area contributed by atoms with Crippen molar-refractivity contribution in [3.8, 4) is 11.5 Å². The first-order valence-electron chi connectivity index (χ1n) is 7.93. The Morgan fingerprint density at radius 3 is 2.20 bits per heavy atom. The number of nitrogens with one attached hydrogen (secondary N) is 1. The van der Waals surface area contributed by atoms with Crippen molar-refractivity contribution in [3.05, 3.63) is 53.6 Å². The van der Waals surface area contributed by atoms with Crippen LogP contribution in [0.25, 0.3) is 0 Å². The number of hydrazone groups is 1. The lowest BCUT2D eigenvalue weighted by molar-refractivity contribution is 0.448. The SMILES string of the molecule is CCC(C)c1ccc(S(=O)(=O)NN=C(C)c2c(O)cccc2O)cc1. The van der Waals surface area contributed by atoms with E-state index in [-0.39, 0.29) is 27.7 Å². The molecule has 6 nitrogen and oxygen atoms in total. The third-order valence-corrected chi connectivity index (χ3v) is 5.31. The summed E-state index contributed by atoms with van der Waals surface area (Å²) in [5, 5.41) is 23.4. The number of aromatic hydroxyl groups is 2. The summed E-state index contributed by atoms with van der Waals surface area (Å²) in [6, 6.07) is 10.9. The summed E-state index contributed by atoms with van der Waals surface area (Å²) in [5.41, 5.74) is 1.30. The number of phenolic OH excluding ortho intramolecular Hbond substituents is 2. The molecule has 1 unspecified atom stereocenters. The smallest absolute Gasteiger partial charge is 0.276 e. The van der Waals surface area contributed by atoms with Gasteiger partial charge in [-0.3, -0.25) is 0 Å². The maximum atomic E-state index is 12.3. The Morgan fingerprint density at radius 2 is 1.68 bits per heavy atom. The molecule has 2 aromatic carbocycles. The zero-order valence-electron chi connectivity index (χ0n) is 14.4. The summed E-state index contributed by atoms with van der Waals surface area (Å²) < 4.78 is 24.7. The zero-order chi connectivity index (χ0) is 18.6. The molecule has 0 aliphatic rings. The number of hydrogen-bond acceptors (Lipinski definition) is 5. The van der Waals surface area contributed by atoms with E-state index in [1.165, 1.54) is 37.3 Å². The third kappa shape index (κ3) is 4.30. The van der Waals surface area contributed by atoms with Crippen molar-refractivity contribution in [1.29, 1.82) is 0 Å². The average molecular weight is 362 g/mol. The van der Waals surface area contributed by atoms with Crippen LogP contribution in [0.5, 0.6) is 11.5 Å². The minimum atomic E-state index is -3.84. The first-order chi connectivity index (χ1) is 11.8. The van der Waals surface area contributed by atoms with Crippen molar-refractivity contribution < 1.29 is 18.6 Å². The van der Waals surface area contributed by atoms with E-state index in [0.29, 0.717) is 5.92 Å². The molecule has 0 amide bonds. The van der Waals surface area contributed by atoms with Gasteiger partial charge in [0, 0.05) is 0 Å². The van der Waals surface area contributed by atoms with Crippen LogP contribution in [-0.4, -0.2) is 24.3 Å². The van der Waals surface area contributed by atoms with Crippen molar-refractivity contribution >= 4 is 15.7 Å². The minimum absolute atomic E-state index is 0.0809. The van der Waals surface area contributed by atoms with Crippen LogP contribution in [0.15, 0.2) is 52.5 Å². The van der Waals surface area contributed by atoms with Gasteiger partial charge >= 0.3 is 0 Å². The van der Waals surface area contributed by atoms with Gasteiger partial charge in [-0.2, -0.15) is 18.4 Å². The monoisotopic (exact) mass is 362 g/mol. The molecule has 1 atom stereocenters. The second-order valence-electron chi connectivity index (χ2n) is 5.84. The first kappa shape index (κ1) is 18.8. The zero-order valence-corrected chi connectivity index (χ0v) is 15.2. The van der Waals surface area contributed by atoms with Crippen LogP contribution in [0.3, 0.4) is 0 Å². The Bertz CT molecular complexity index is 854. The fourth-order valence-electron chi connectivity index (χ4n) is 2.35. The summed E-state index contributed by atoms with van der Waals surface area (Å²) >= 11 is 0. The molecule has 3 N–H and O–H groups in total. The molecule has 25 heavy (non-hydrogen) atoms. The van der Waals surface area contributed by atoms with Crippen LogP contribution in [0.4, 0.5) is 0 Å². The normalized spacial score (nSPS) is 13.5. The van der Waals surface area contributed by atoms with E-state index in [2.05, 4.69) is 23.8 Å². The molecule has 0 saturated carbocycles. The molecule has 0 aliphatic carbocycles. The van der Waals surface area contributed by atoms with Crippen molar-refractivity contribution in [1.82, 2.24) is 4.83 Å². The summed E-state index contributed by atoms with van der Waals surface area (Å²) in [6.45, 7) is 5.64. The van der Waals surface area contributed by atoms with Crippen LogP contribution in [-0.2, 0) is 10.0 Å². The highest BCUT2D eigenvalue weighted by atomic mass is 32.2. The fraction of sp³-hybridized carbons (Fsp3) is 0.278. The van der Waals surface area contributed by atoms with Gasteiger partial charge < -0.3 is 10.2 Å². The summed E-state index contributed by atoms with van der Waals surface area (Å²) in [5.74, 6) is -0.00859. The van der Waals surface area contributed by atoms with Gasteiger partial charge in [-0.25, -0.2) is 0 Å². The van der Waals surface area contributed by atoms with Gasteiger partial charge in [0.15, 0.2) is 0 Å². The molecule has 0 aliphatic heterocycles. The number of benzene rings is 2. The Labute approximate surface area is 147 Å². The molecular formula is C18H22N2O4S. The maximum absolute atomic E-state index is 12.3. The lowest BCUT2D eigenvalue weighted by Crippen LogP contribution is -2.20. The van der Waals surface area contributed by atoms with E-state index >= 15 is 0 Å². The van der Waals surface area contributed by atoms with E-state index in [1.807, 2.05) is 0 Å². The molecule has 0 radical (unpaired) electrons. The van der Waals surface area contributed by atoms with Crippen LogP contribution < -0.4 is 4.83 Å². The molecule has 0 spiro atoms. The number of nitrogens with zero attached hydrogens (tertiary/aromatic N) is 1. The van der Waals surface area contributed by atoms with E-state index in [1.54, 1.807) is 12.1 Å². The molecule has 0 aromatic heterocycles. The lowest BCUT2D eigenvalue weighted by atomic mass is 9.99. The molecule has 0 bridgehead atoms. The van der Waals surface area contributed by atoms with E-state index < -0.39 is 10.0 Å². The molecule has 2 rings (SSSR count). The van der Waals surface area contributed by atoms with Crippen molar-refractivity contribution in [2.45, 2.75) is 38.0 Å². The van der Waals surface area contributed by atoms with Crippen molar-refractivity contribution in [2.75, 3.05) is 0 Å². The van der Waals surface area contributed by atoms with Crippen LogP contribution in [0.1, 0.15) is 44.2 Å². The highest BCUT2D eigenvalue weighted by Gasteiger charge is 2.15. The molecule has 2 aromatic rings. The standard InChI is InChI=1S/C18H22N2O4S/c1-4-12(2)14-8-10-15(11-9-14)25(23,24)20-19-13(3)18-16(21)6-5-7-17(18)22/h5-12,20-22H,4H2,1-3H3. The van der Waals surface area contributed by atoms with E-state index in [9.17, 15) is 18.6 Å². The van der Waals surface area contributed by atoms with Gasteiger partial charge in [-0.15, -0.1) is 0 Å². The Balaban J connectivity index is 2.24. The number of sulfonamides is 1. The van der Waals surface area contributed by atoms with Crippen molar-refractivity contribution in [3.63, 3.8) is 0 Å². The fourth-order valence-corrected chi connectivity index (χ4v) is 3.20. The van der Waals surface area contributed by atoms with Gasteiger partial charge in [0.25, 0.3) is 10.0 Å². The number of rotatable bonds is 6. The minimum Gasteiger partial charge on any atom is -0.507 e. The predicted octanol–water partition coefficient (Wildman–Crippen LogP) is 3.31. The van der Waals surface area contributed by atoms with Gasteiger partial charge in [0.2, 0.25) is 0 Å². The third-order valence-electron chi connectivity index (χ3n) is 4.09. The van der Waals surface area contributed by atoms with E-state index in [0.717, 1.165) is 12.0 Å². The molecule has 0 heterocycles. The summed E-state index contributed by atoms with van der Waals surface area (Å²) in [6.07, 6.45) is 0.970. The molecule has 0 fully saturated rings. The number of phenols is 2. The Kier molecular flexibility index (Phi) is 5.69. The molecular weight excluding hydrogens is 340 g/mol. The quantitative estimate of drug-likeness (QED) is 0.542. The molecule has 134 valence electrons. The van der Waals surface area contributed by atoms with Gasteiger partial charge in [-0.05, 0) is 49.1 Å². The second kappa shape index (κ2) is 7.57. The average Bonchev–Trinajstić information content (AvgIpc) is 2.59.